The van der Waals surface area contributed by atoms with E-state index in [1.54, 1.807) is 6.07 Å². The number of hydrogen-bond donors (Lipinski definition) is 3. The van der Waals surface area contributed by atoms with Gasteiger partial charge in [-0.1, -0.05) is 17.7 Å². The molecule has 2 aromatic rings. The van der Waals surface area contributed by atoms with E-state index >= 15 is 0 Å². The Morgan fingerprint density at radius 2 is 1.48 bits per heavy atom. The van der Waals surface area contributed by atoms with Gasteiger partial charge in [0.25, 0.3) is 0 Å². The van der Waals surface area contributed by atoms with Crippen molar-refractivity contribution in [1.29, 1.82) is 0 Å². The lowest BCUT2D eigenvalue weighted by Gasteiger charge is -2.31. The molecule has 0 amide bonds. The largest absolute Gasteiger partial charge is 0.487 e. The SMILES string of the molecule is Cc1ccc2c(c1)CC[C@H]([C@H](O)CNC[C@@H](O)[C@@H]1CCc3cc(F)ccc3O1)O2. The van der Waals surface area contributed by atoms with Gasteiger partial charge in [0.2, 0.25) is 0 Å². The number of fused-ring (bicyclic) bond motifs is 2. The van der Waals surface area contributed by atoms with Crippen LogP contribution in [0.4, 0.5) is 4.39 Å². The van der Waals surface area contributed by atoms with Gasteiger partial charge >= 0.3 is 0 Å². The summed E-state index contributed by atoms with van der Waals surface area (Å²) in [6.07, 6.45) is 0.971. The first-order valence-electron chi connectivity index (χ1n) is 10.3. The molecule has 0 aliphatic carbocycles. The number of aryl methyl sites for hydroxylation is 3. The molecule has 0 aromatic heterocycles. The van der Waals surface area contributed by atoms with Crippen molar-refractivity contribution in [3.63, 3.8) is 0 Å². The van der Waals surface area contributed by atoms with E-state index in [1.165, 1.54) is 23.3 Å². The number of aliphatic hydroxyl groups is 2. The van der Waals surface area contributed by atoms with Crippen molar-refractivity contribution in [2.24, 2.45) is 0 Å². The van der Waals surface area contributed by atoms with Crippen LogP contribution in [0.5, 0.6) is 11.5 Å². The molecule has 4 rings (SSSR count). The fourth-order valence-corrected chi connectivity index (χ4v) is 4.10. The molecule has 2 heterocycles. The van der Waals surface area contributed by atoms with Gasteiger partial charge in [0.1, 0.15) is 41.7 Å². The van der Waals surface area contributed by atoms with Crippen LogP contribution >= 0.6 is 0 Å². The van der Waals surface area contributed by atoms with Crippen molar-refractivity contribution < 1.29 is 24.1 Å². The van der Waals surface area contributed by atoms with Crippen LogP contribution in [-0.2, 0) is 12.8 Å². The van der Waals surface area contributed by atoms with Gasteiger partial charge in [-0.2, -0.15) is 0 Å². The summed E-state index contributed by atoms with van der Waals surface area (Å²) < 4.78 is 25.1. The van der Waals surface area contributed by atoms with E-state index in [0.717, 1.165) is 24.2 Å². The van der Waals surface area contributed by atoms with E-state index in [9.17, 15) is 14.6 Å². The summed E-state index contributed by atoms with van der Waals surface area (Å²) in [5, 5.41) is 24.1. The second kappa shape index (κ2) is 8.69. The van der Waals surface area contributed by atoms with Crippen molar-refractivity contribution in [3.05, 3.63) is 58.9 Å². The predicted molar refractivity (Wildman–Crippen MR) is 108 cm³/mol. The first-order chi connectivity index (χ1) is 14.0. The molecule has 2 aromatic carbocycles. The Hall–Kier alpha value is -2.15. The monoisotopic (exact) mass is 401 g/mol. The Balaban J connectivity index is 1.24. The Labute approximate surface area is 170 Å². The molecule has 0 unspecified atom stereocenters. The van der Waals surface area contributed by atoms with Gasteiger partial charge in [0.15, 0.2) is 0 Å². The van der Waals surface area contributed by atoms with Crippen LogP contribution in [0.2, 0.25) is 0 Å². The second-order valence-electron chi connectivity index (χ2n) is 8.05. The van der Waals surface area contributed by atoms with Crippen molar-refractivity contribution in [2.45, 2.75) is 57.0 Å². The Kier molecular flexibility index (Phi) is 6.04. The normalized spacial score (nSPS) is 22.6. The average Bonchev–Trinajstić information content (AvgIpc) is 2.72. The lowest BCUT2D eigenvalue weighted by atomic mass is 9.97. The second-order valence-corrected chi connectivity index (χ2v) is 8.05. The summed E-state index contributed by atoms with van der Waals surface area (Å²) in [7, 11) is 0. The minimum absolute atomic E-state index is 0.262. The lowest BCUT2D eigenvalue weighted by molar-refractivity contribution is 0.00896. The summed E-state index contributed by atoms with van der Waals surface area (Å²) in [4.78, 5) is 0. The summed E-state index contributed by atoms with van der Waals surface area (Å²) in [6, 6.07) is 10.6. The molecule has 5 nitrogen and oxygen atoms in total. The van der Waals surface area contributed by atoms with Gasteiger partial charge in [-0.3, -0.25) is 0 Å². The highest BCUT2D eigenvalue weighted by Crippen LogP contribution is 2.30. The first kappa shape index (κ1) is 20.1. The number of halogens is 1. The zero-order valence-corrected chi connectivity index (χ0v) is 16.6. The molecule has 2 aliphatic rings. The summed E-state index contributed by atoms with van der Waals surface area (Å²) in [5.74, 6) is 1.20. The Morgan fingerprint density at radius 1 is 0.931 bits per heavy atom. The number of ether oxygens (including phenoxy) is 2. The third-order valence-electron chi connectivity index (χ3n) is 5.76. The molecule has 156 valence electrons. The average molecular weight is 401 g/mol. The molecule has 0 bridgehead atoms. The first-order valence-corrected chi connectivity index (χ1v) is 10.3. The third kappa shape index (κ3) is 4.71. The maximum atomic E-state index is 13.3. The van der Waals surface area contributed by atoms with Gasteiger partial charge in [-0.15, -0.1) is 0 Å². The van der Waals surface area contributed by atoms with Crippen LogP contribution in [0, 0.1) is 12.7 Å². The molecule has 3 N–H and O–H groups in total. The smallest absolute Gasteiger partial charge is 0.126 e. The van der Waals surface area contributed by atoms with Gasteiger partial charge < -0.3 is 25.0 Å². The molecule has 0 fully saturated rings. The quantitative estimate of drug-likeness (QED) is 0.694. The van der Waals surface area contributed by atoms with Crippen molar-refractivity contribution >= 4 is 0 Å². The van der Waals surface area contributed by atoms with Crippen LogP contribution in [0.15, 0.2) is 36.4 Å². The molecule has 2 aliphatic heterocycles. The van der Waals surface area contributed by atoms with E-state index in [-0.39, 0.29) is 18.0 Å². The Bertz CT molecular complexity index is 789. The maximum Gasteiger partial charge on any atom is 0.126 e. The standard InChI is InChI=1S/C23H28FNO4/c1-14-2-6-20-15(10-14)3-7-22(28-20)18(26)12-25-13-19(27)23-8-4-16-11-17(24)5-9-21(16)29-23/h2,5-6,9-11,18-19,22-23,25-27H,3-4,7-8,12-13H2,1H3/t18-,19-,22-,23+/m1/s1. The predicted octanol–water partition coefficient (Wildman–Crippen LogP) is 2.53. The van der Waals surface area contributed by atoms with E-state index in [4.69, 9.17) is 9.47 Å². The fourth-order valence-electron chi connectivity index (χ4n) is 4.10. The van der Waals surface area contributed by atoms with Crippen LogP contribution in [0.3, 0.4) is 0 Å². The van der Waals surface area contributed by atoms with Crippen LogP contribution in [0.1, 0.15) is 29.5 Å². The van der Waals surface area contributed by atoms with Crippen molar-refractivity contribution in [1.82, 2.24) is 5.32 Å². The van der Waals surface area contributed by atoms with E-state index in [1.807, 2.05) is 12.1 Å². The zero-order valence-electron chi connectivity index (χ0n) is 16.6. The van der Waals surface area contributed by atoms with Crippen molar-refractivity contribution in [2.75, 3.05) is 13.1 Å². The van der Waals surface area contributed by atoms with Gasteiger partial charge in [0, 0.05) is 13.1 Å². The number of hydrogen-bond acceptors (Lipinski definition) is 5. The minimum atomic E-state index is -0.712. The summed E-state index contributed by atoms with van der Waals surface area (Å²) in [6.45, 7) is 2.70. The highest BCUT2D eigenvalue weighted by Gasteiger charge is 2.29. The molecular weight excluding hydrogens is 373 g/mol. The Morgan fingerprint density at radius 3 is 2.10 bits per heavy atom. The van der Waals surface area contributed by atoms with E-state index in [2.05, 4.69) is 18.3 Å². The molecule has 0 saturated heterocycles. The molecular formula is C23H28FNO4. The summed E-state index contributed by atoms with van der Waals surface area (Å²) in [5.41, 5.74) is 3.23. The molecule has 4 atom stereocenters. The van der Waals surface area contributed by atoms with Gasteiger partial charge in [0.05, 0.1) is 0 Å². The topological polar surface area (TPSA) is 71.0 Å². The van der Waals surface area contributed by atoms with E-state index in [0.29, 0.717) is 31.7 Å². The number of nitrogens with one attached hydrogen (secondary N) is 1. The summed E-state index contributed by atoms with van der Waals surface area (Å²) >= 11 is 0. The van der Waals surface area contributed by atoms with Gasteiger partial charge in [-0.25, -0.2) is 4.39 Å². The fraction of sp³-hybridized carbons (Fsp3) is 0.478. The highest BCUT2D eigenvalue weighted by molar-refractivity contribution is 5.38. The number of benzene rings is 2. The van der Waals surface area contributed by atoms with Crippen LogP contribution in [0.25, 0.3) is 0 Å². The number of aliphatic hydroxyl groups excluding tert-OH is 2. The van der Waals surface area contributed by atoms with Crippen molar-refractivity contribution in [3.8, 4) is 11.5 Å². The maximum absolute atomic E-state index is 13.3. The highest BCUT2D eigenvalue weighted by atomic mass is 19.1. The van der Waals surface area contributed by atoms with Gasteiger partial charge in [-0.05, 0) is 68.0 Å². The van der Waals surface area contributed by atoms with Crippen LogP contribution in [-0.4, -0.2) is 47.7 Å². The van der Waals surface area contributed by atoms with Crippen LogP contribution < -0.4 is 14.8 Å². The number of rotatable bonds is 6. The molecule has 6 heteroatoms. The molecule has 0 spiro atoms. The third-order valence-corrected chi connectivity index (χ3v) is 5.76. The van der Waals surface area contributed by atoms with E-state index < -0.39 is 12.2 Å². The molecule has 0 radical (unpaired) electrons. The zero-order chi connectivity index (χ0) is 20.4. The molecule has 0 saturated carbocycles. The minimum Gasteiger partial charge on any atom is -0.487 e. The lowest BCUT2D eigenvalue weighted by Crippen LogP contribution is -2.46. The molecule has 29 heavy (non-hydrogen) atoms.